The molecule has 0 aromatic carbocycles. The number of aromatic carboxylic acids is 1. The minimum absolute atomic E-state index is 0.00355. The fourth-order valence-electron chi connectivity index (χ4n) is 1.58. The quantitative estimate of drug-likeness (QED) is 0.794. The summed E-state index contributed by atoms with van der Waals surface area (Å²) in [6.07, 6.45) is 3.30. The van der Waals surface area contributed by atoms with Crippen molar-refractivity contribution in [3.05, 3.63) is 22.8 Å². The summed E-state index contributed by atoms with van der Waals surface area (Å²) in [4.78, 5) is 17.0. The van der Waals surface area contributed by atoms with Gasteiger partial charge < -0.3 is 15.1 Å². The van der Waals surface area contributed by atoms with Crippen molar-refractivity contribution in [1.82, 2.24) is 4.98 Å². The highest BCUT2D eigenvalue weighted by atomic mass is 35.5. The van der Waals surface area contributed by atoms with Crippen LogP contribution in [-0.4, -0.2) is 40.9 Å². The number of halogens is 1. The molecule has 2 N–H and O–H groups in total. The highest BCUT2D eigenvalue weighted by Gasteiger charge is 2.14. The lowest BCUT2D eigenvalue weighted by atomic mass is 10.2. The van der Waals surface area contributed by atoms with Crippen molar-refractivity contribution in [1.29, 1.82) is 0 Å². The van der Waals surface area contributed by atoms with Gasteiger partial charge in [-0.2, -0.15) is 0 Å². The fourth-order valence-corrected chi connectivity index (χ4v) is 1.76. The molecule has 1 heterocycles. The molecule has 18 heavy (non-hydrogen) atoms. The van der Waals surface area contributed by atoms with Gasteiger partial charge in [-0.1, -0.05) is 24.9 Å². The number of carboxylic acids is 1. The summed E-state index contributed by atoms with van der Waals surface area (Å²) in [5.74, 6) is -0.553. The van der Waals surface area contributed by atoms with Crippen molar-refractivity contribution in [2.45, 2.75) is 19.8 Å². The molecule has 0 aliphatic rings. The largest absolute Gasteiger partial charge is 0.478 e. The van der Waals surface area contributed by atoms with E-state index in [0.717, 1.165) is 19.4 Å². The van der Waals surface area contributed by atoms with Crippen LogP contribution in [0.4, 0.5) is 5.82 Å². The van der Waals surface area contributed by atoms with E-state index >= 15 is 0 Å². The van der Waals surface area contributed by atoms with E-state index in [9.17, 15) is 4.79 Å². The molecule has 0 unspecified atom stereocenters. The van der Waals surface area contributed by atoms with Gasteiger partial charge in [0.1, 0.15) is 5.82 Å². The van der Waals surface area contributed by atoms with E-state index in [-0.39, 0.29) is 17.2 Å². The third-order valence-electron chi connectivity index (χ3n) is 2.55. The predicted molar refractivity (Wildman–Crippen MR) is 70.4 cm³/mol. The topological polar surface area (TPSA) is 73.7 Å². The third-order valence-corrected chi connectivity index (χ3v) is 2.85. The van der Waals surface area contributed by atoms with Gasteiger partial charge in [0.15, 0.2) is 0 Å². The predicted octanol–water partition coefficient (Wildman–Crippen LogP) is 2.03. The van der Waals surface area contributed by atoms with Crippen LogP contribution in [0.2, 0.25) is 5.02 Å². The number of aliphatic hydroxyl groups is 1. The van der Waals surface area contributed by atoms with Crippen LogP contribution in [-0.2, 0) is 0 Å². The van der Waals surface area contributed by atoms with Gasteiger partial charge in [0.05, 0.1) is 17.2 Å². The minimum Gasteiger partial charge on any atom is -0.478 e. The minimum atomic E-state index is -1.08. The van der Waals surface area contributed by atoms with Crippen molar-refractivity contribution in [2.24, 2.45) is 0 Å². The zero-order valence-corrected chi connectivity index (χ0v) is 11.0. The first-order valence-electron chi connectivity index (χ1n) is 5.84. The van der Waals surface area contributed by atoms with Crippen molar-refractivity contribution in [3.8, 4) is 0 Å². The Bertz CT molecular complexity index is 412. The second-order valence-electron chi connectivity index (χ2n) is 3.89. The average Bonchev–Trinajstić information content (AvgIpc) is 2.35. The third kappa shape index (κ3) is 3.85. The van der Waals surface area contributed by atoms with E-state index in [0.29, 0.717) is 12.4 Å². The highest BCUT2D eigenvalue weighted by molar-refractivity contribution is 6.33. The maximum absolute atomic E-state index is 11.0. The van der Waals surface area contributed by atoms with E-state index in [1.807, 2.05) is 4.90 Å². The van der Waals surface area contributed by atoms with Crippen molar-refractivity contribution in [3.63, 3.8) is 0 Å². The molecule has 0 amide bonds. The molecule has 1 rings (SSSR count). The lowest BCUT2D eigenvalue weighted by Crippen LogP contribution is -2.28. The van der Waals surface area contributed by atoms with Crippen molar-refractivity contribution in [2.75, 3.05) is 24.6 Å². The first-order chi connectivity index (χ1) is 8.60. The molecule has 0 aliphatic carbocycles. The Balaban J connectivity index is 2.97. The Morgan fingerprint density at radius 1 is 1.50 bits per heavy atom. The number of nitrogens with zero attached hydrogens (tertiary/aromatic N) is 2. The van der Waals surface area contributed by atoms with Gasteiger partial charge in [0.25, 0.3) is 0 Å². The van der Waals surface area contributed by atoms with Gasteiger partial charge >= 0.3 is 5.97 Å². The molecule has 0 fully saturated rings. The molecule has 100 valence electrons. The zero-order chi connectivity index (χ0) is 13.5. The Hall–Kier alpha value is -1.33. The zero-order valence-electron chi connectivity index (χ0n) is 10.3. The summed E-state index contributed by atoms with van der Waals surface area (Å²) in [5, 5.41) is 18.1. The Morgan fingerprint density at radius 3 is 2.78 bits per heavy atom. The maximum atomic E-state index is 11.0. The van der Waals surface area contributed by atoms with Gasteiger partial charge in [-0.15, -0.1) is 0 Å². The molecule has 0 aliphatic heterocycles. The first kappa shape index (κ1) is 14.7. The number of carbonyl (C=O) groups is 1. The number of carboxylic acid groups (broad SMARTS) is 1. The van der Waals surface area contributed by atoms with Gasteiger partial charge in [-0.25, -0.2) is 9.78 Å². The maximum Gasteiger partial charge on any atom is 0.337 e. The highest BCUT2D eigenvalue weighted by Crippen LogP contribution is 2.20. The van der Waals surface area contributed by atoms with Gasteiger partial charge in [-0.3, -0.25) is 0 Å². The summed E-state index contributed by atoms with van der Waals surface area (Å²) >= 11 is 5.77. The number of hydrogen-bond donors (Lipinski definition) is 2. The summed E-state index contributed by atoms with van der Waals surface area (Å²) < 4.78 is 0. The van der Waals surface area contributed by atoms with Gasteiger partial charge in [-0.05, 0) is 12.5 Å². The number of pyridine rings is 1. The van der Waals surface area contributed by atoms with Crippen LogP contribution in [0.5, 0.6) is 0 Å². The van der Waals surface area contributed by atoms with Crippen molar-refractivity contribution >= 4 is 23.4 Å². The van der Waals surface area contributed by atoms with E-state index < -0.39 is 5.97 Å². The first-order valence-corrected chi connectivity index (χ1v) is 6.22. The molecule has 0 saturated carbocycles. The summed E-state index contributed by atoms with van der Waals surface area (Å²) in [6.45, 7) is 3.21. The Morgan fingerprint density at radius 2 is 2.22 bits per heavy atom. The Kier molecular flexibility index (Phi) is 5.88. The lowest BCUT2D eigenvalue weighted by molar-refractivity contribution is 0.0697. The molecule has 1 aromatic heterocycles. The number of aliphatic hydroxyl groups excluding tert-OH is 1. The number of anilines is 1. The number of hydrogen-bond acceptors (Lipinski definition) is 4. The molecule has 0 spiro atoms. The molecule has 0 atom stereocenters. The van der Waals surface area contributed by atoms with Crippen LogP contribution >= 0.6 is 11.6 Å². The summed E-state index contributed by atoms with van der Waals surface area (Å²) in [6, 6.07) is 1.44. The van der Waals surface area contributed by atoms with E-state index in [1.54, 1.807) is 0 Å². The lowest BCUT2D eigenvalue weighted by Gasteiger charge is -2.22. The number of aromatic nitrogens is 1. The SMILES string of the molecule is CCCCN(CCO)c1cc(C(=O)O)c(Cl)cn1. The molecule has 0 bridgehead atoms. The number of unbranched alkanes of at least 4 members (excludes halogenated alkanes) is 1. The van der Waals surface area contributed by atoms with Crippen molar-refractivity contribution < 1.29 is 15.0 Å². The van der Waals surface area contributed by atoms with Crippen LogP contribution in [0.15, 0.2) is 12.3 Å². The van der Waals surface area contributed by atoms with E-state index in [4.69, 9.17) is 21.8 Å². The second kappa shape index (κ2) is 7.18. The average molecular weight is 273 g/mol. The standard InChI is InChI=1S/C12H17ClN2O3/c1-2-3-4-15(5-6-16)11-7-9(12(17)18)10(13)8-14-11/h7-8,16H,2-6H2,1H3,(H,17,18). The fraction of sp³-hybridized carbons (Fsp3) is 0.500. The van der Waals surface area contributed by atoms with Crippen LogP contribution in [0, 0.1) is 0 Å². The van der Waals surface area contributed by atoms with Crippen LogP contribution in [0.1, 0.15) is 30.1 Å². The molecular formula is C12H17ClN2O3. The smallest absolute Gasteiger partial charge is 0.337 e. The van der Waals surface area contributed by atoms with E-state index in [1.165, 1.54) is 12.3 Å². The molecule has 5 nitrogen and oxygen atoms in total. The molecular weight excluding hydrogens is 256 g/mol. The molecule has 0 saturated heterocycles. The number of rotatable bonds is 7. The van der Waals surface area contributed by atoms with Crippen LogP contribution in [0.3, 0.4) is 0 Å². The van der Waals surface area contributed by atoms with Crippen LogP contribution < -0.4 is 4.90 Å². The summed E-state index contributed by atoms with van der Waals surface area (Å²) in [5.41, 5.74) is 0.0288. The second-order valence-corrected chi connectivity index (χ2v) is 4.30. The molecule has 1 aromatic rings. The molecule has 6 heteroatoms. The summed E-state index contributed by atoms with van der Waals surface area (Å²) in [7, 11) is 0. The Labute approximate surface area is 111 Å². The van der Waals surface area contributed by atoms with E-state index in [2.05, 4.69) is 11.9 Å². The molecule has 0 radical (unpaired) electrons. The van der Waals surface area contributed by atoms with Gasteiger partial charge in [0, 0.05) is 19.3 Å². The monoisotopic (exact) mass is 272 g/mol. The van der Waals surface area contributed by atoms with Gasteiger partial charge in [0.2, 0.25) is 0 Å². The normalized spacial score (nSPS) is 10.4. The van der Waals surface area contributed by atoms with Crippen LogP contribution in [0.25, 0.3) is 0 Å².